The largest absolute Gasteiger partial charge is 0.285 e. The molecule has 139 valence electrons. The topological polar surface area (TPSA) is 54.4 Å². The summed E-state index contributed by atoms with van der Waals surface area (Å²) in [5.74, 6) is 0. The van der Waals surface area contributed by atoms with Crippen LogP contribution in [0.5, 0.6) is 0 Å². The van der Waals surface area contributed by atoms with Gasteiger partial charge in [0.1, 0.15) is 4.58 Å². The molecule has 0 aromatic carbocycles. The number of hydrogen-bond donors (Lipinski definition) is 1. The van der Waals surface area contributed by atoms with Gasteiger partial charge in [0, 0.05) is 0 Å². The lowest BCUT2D eigenvalue weighted by Gasteiger charge is -2.06. The van der Waals surface area contributed by atoms with Crippen molar-refractivity contribution >= 4 is 22.7 Å². The summed E-state index contributed by atoms with van der Waals surface area (Å²) in [6.07, 6.45) is 19.7. The van der Waals surface area contributed by atoms with Gasteiger partial charge in [-0.3, -0.25) is 4.55 Å². The van der Waals surface area contributed by atoms with E-state index in [1.54, 1.807) is 0 Å². The average molecular weight is 366 g/mol. The van der Waals surface area contributed by atoms with E-state index in [1.165, 1.54) is 77.0 Å². The molecule has 0 aliphatic rings. The minimum atomic E-state index is -4.01. The summed E-state index contributed by atoms with van der Waals surface area (Å²) in [6, 6.07) is 0. The first-order chi connectivity index (χ1) is 11.0. The van der Waals surface area contributed by atoms with E-state index in [-0.39, 0.29) is 0 Å². The van der Waals surface area contributed by atoms with Crippen LogP contribution < -0.4 is 0 Å². The van der Waals surface area contributed by atoms with Crippen LogP contribution in [0.1, 0.15) is 110 Å². The predicted octanol–water partition coefficient (Wildman–Crippen LogP) is 6.66. The van der Waals surface area contributed by atoms with E-state index >= 15 is 0 Å². The maximum absolute atomic E-state index is 10.8. The molecule has 0 amide bonds. The fourth-order valence-electron chi connectivity index (χ4n) is 2.83. The monoisotopic (exact) mass is 365 g/mol. The molecule has 0 aromatic rings. The van der Waals surface area contributed by atoms with E-state index < -0.39 is 14.7 Å². The Kier molecular flexibility index (Phi) is 15.9. The predicted molar refractivity (Wildman–Crippen MR) is 102 cm³/mol. The van der Waals surface area contributed by atoms with E-state index in [1.807, 2.05) is 0 Å². The molecule has 1 N–H and O–H groups in total. The lowest BCUT2D eigenvalue weighted by atomic mass is 10.0. The van der Waals surface area contributed by atoms with Gasteiger partial charge in [-0.2, -0.15) is 8.42 Å². The Labute approximate surface area is 150 Å². The lowest BCUT2D eigenvalue weighted by molar-refractivity contribution is 0.474. The Morgan fingerprint density at radius 2 is 1.00 bits per heavy atom. The second-order valence-electron chi connectivity index (χ2n) is 6.68. The first kappa shape index (κ1) is 23.3. The smallest absolute Gasteiger partial charge is 0.278 e. The van der Waals surface area contributed by atoms with Gasteiger partial charge in [0.25, 0.3) is 10.1 Å². The van der Waals surface area contributed by atoms with E-state index in [2.05, 4.69) is 6.92 Å². The maximum Gasteiger partial charge on any atom is 0.278 e. The van der Waals surface area contributed by atoms with Crippen LogP contribution in [0.3, 0.4) is 0 Å². The van der Waals surface area contributed by atoms with E-state index in [9.17, 15) is 8.42 Å². The van der Waals surface area contributed by atoms with Crippen molar-refractivity contribution in [2.75, 3.05) is 0 Å². The molecule has 0 heterocycles. The highest BCUT2D eigenvalue weighted by Gasteiger charge is 2.17. The summed E-state index contributed by atoms with van der Waals surface area (Å²) >= 11 is 4.74. The van der Waals surface area contributed by atoms with Crippen LogP contribution in [0, 0.1) is 0 Å². The van der Waals surface area contributed by atoms with E-state index in [0.717, 1.165) is 19.3 Å². The molecule has 23 heavy (non-hydrogen) atoms. The van der Waals surface area contributed by atoms with Crippen LogP contribution in [0.4, 0.5) is 0 Å². The van der Waals surface area contributed by atoms with Gasteiger partial charge in [0.15, 0.2) is 0 Å². The fourth-order valence-corrected chi connectivity index (χ4v) is 3.46. The van der Waals surface area contributed by atoms with Crippen molar-refractivity contribution in [1.82, 2.24) is 0 Å². The molecule has 3 nitrogen and oxygen atoms in total. The first-order valence-electron chi connectivity index (χ1n) is 9.60. The van der Waals surface area contributed by atoms with Crippen LogP contribution in [0.15, 0.2) is 0 Å². The average Bonchev–Trinajstić information content (AvgIpc) is 2.50. The molecular formula is C18H37O3S2. The van der Waals surface area contributed by atoms with Gasteiger partial charge in [0.05, 0.1) is 0 Å². The summed E-state index contributed by atoms with van der Waals surface area (Å²) in [5, 5.41) is 0. The second-order valence-corrected chi connectivity index (χ2v) is 9.15. The van der Waals surface area contributed by atoms with Gasteiger partial charge in [-0.15, -0.1) is 0 Å². The number of rotatable bonds is 17. The van der Waals surface area contributed by atoms with Crippen LogP contribution in [-0.4, -0.2) is 17.6 Å². The van der Waals surface area contributed by atoms with Gasteiger partial charge in [-0.25, -0.2) is 0 Å². The standard InChI is InChI=1S/C18H37O3S2/c1-2-3-4-5-6-7-8-9-10-11-12-13-14-15-16-17-18(22)23(19,20)21/h18H,2-17H2,1H3,(H,19,20,21). The Hall–Kier alpha value is 0.260. The zero-order chi connectivity index (χ0) is 17.4. The third-order valence-electron chi connectivity index (χ3n) is 4.38. The summed E-state index contributed by atoms with van der Waals surface area (Å²) in [7, 11) is -4.01. The summed E-state index contributed by atoms with van der Waals surface area (Å²) < 4.78 is 29.3. The molecule has 1 atom stereocenters. The highest BCUT2D eigenvalue weighted by atomic mass is 32.3. The van der Waals surface area contributed by atoms with Gasteiger partial charge < -0.3 is 0 Å². The molecule has 1 unspecified atom stereocenters. The van der Waals surface area contributed by atoms with Crippen LogP contribution in [0.25, 0.3) is 0 Å². The fraction of sp³-hybridized carbons (Fsp3) is 1.00. The lowest BCUT2D eigenvalue weighted by Crippen LogP contribution is -2.13. The SMILES string of the molecule is CCCCCCCCCCCCCCCCCC([S])S(=O)(=O)O. The molecule has 0 bridgehead atoms. The third kappa shape index (κ3) is 16.9. The number of hydrogen-bond acceptors (Lipinski definition) is 2. The van der Waals surface area contributed by atoms with Gasteiger partial charge in [-0.05, 0) is 6.42 Å². The molecule has 0 saturated heterocycles. The Bertz CT molecular complexity index is 342. The molecule has 0 rings (SSSR count). The minimum Gasteiger partial charge on any atom is -0.285 e. The van der Waals surface area contributed by atoms with Crippen molar-refractivity contribution < 1.29 is 13.0 Å². The molecule has 0 aliphatic heterocycles. The first-order valence-corrected chi connectivity index (χ1v) is 11.6. The molecule has 1 radical (unpaired) electrons. The van der Waals surface area contributed by atoms with Gasteiger partial charge in [0.2, 0.25) is 0 Å². The van der Waals surface area contributed by atoms with Crippen molar-refractivity contribution in [1.29, 1.82) is 0 Å². The van der Waals surface area contributed by atoms with Gasteiger partial charge >= 0.3 is 0 Å². The van der Waals surface area contributed by atoms with Crippen LogP contribution in [0.2, 0.25) is 0 Å². The Balaban J connectivity index is 3.14. The molecule has 0 spiro atoms. The molecular weight excluding hydrogens is 328 g/mol. The van der Waals surface area contributed by atoms with Crippen molar-refractivity contribution in [3.05, 3.63) is 0 Å². The normalized spacial score (nSPS) is 13.3. The molecule has 0 aromatic heterocycles. The number of unbranched alkanes of at least 4 members (excludes halogenated alkanes) is 14. The van der Waals surface area contributed by atoms with Crippen molar-refractivity contribution in [3.63, 3.8) is 0 Å². The van der Waals surface area contributed by atoms with Crippen molar-refractivity contribution in [2.24, 2.45) is 0 Å². The van der Waals surface area contributed by atoms with E-state index in [0.29, 0.717) is 6.42 Å². The zero-order valence-corrected chi connectivity index (χ0v) is 16.6. The molecule has 5 heteroatoms. The highest BCUT2D eigenvalue weighted by molar-refractivity contribution is 8.01. The highest BCUT2D eigenvalue weighted by Crippen LogP contribution is 2.16. The third-order valence-corrected chi connectivity index (χ3v) is 6.24. The van der Waals surface area contributed by atoms with Crippen LogP contribution >= 0.6 is 12.6 Å². The minimum absolute atomic E-state index is 0.395. The Morgan fingerprint density at radius 1 is 0.696 bits per heavy atom. The molecule has 0 fully saturated rings. The zero-order valence-electron chi connectivity index (χ0n) is 15.0. The van der Waals surface area contributed by atoms with Crippen molar-refractivity contribution in [3.8, 4) is 0 Å². The maximum atomic E-state index is 10.8. The molecule has 0 saturated carbocycles. The summed E-state index contributed by atoms with van der Waals surface area (Å²) in [6.45, 7) is 2.26. The van der Waals surface area contributed by atoms with Crippen molar-refractivity contribution in [2.45, 2.75) is 114 Å². The van der Waals surface area contributed by atoms with E-state index in [4.69, 9.17) is 17.2 Å². The molecule has 0 aliphatic carbocycles. The quantitative estimate of drug-likeness (QED) is 0.231. The second kappa shape index (κ2) is 15.8. The summed E-state index contributed by atoms with van der Waals surface area (Å²) in [5.41, 5.74) is 0. The Morgan fingerprint density at radius 3 is 1.30 bits per heavy atom. The van der Waals surface area contributed by atoms with Gasteiger partial charge in [-0.1, -0.05) is 116 Å². The van der Waals surface area contributed by atoms with Crippen LogP contribution in [-0.2, 0) is 10.1 Å². The summed E-state index contributed by atoms with van der Waals surface area (Å²) in [4.78, 5) is 0.